The van der Waals surface area contributed by atoms with Crippen molar-refractivity contribution < 1.29 is 0 Å². The Morgan fingerprint density at radius 2 is 1.75 bits per heavy atom. The van der Waals surface area contributed by atoms with E-state index in [2.05, 4.69) is 65.3 Å². The summed E-state index contributed by atoms with van der Waals surface area (Å²) in [7, 11) is 0. The number of fused-ring (bicyclic) bond motifs is 1. The number of aromatic amines is 1. The van der Waals surface area contributed by atoms with Gasteiger partial charge in [-0.3, -0.25) is 0 Å². The molecule has 0 saturated carbocycles. The lowest BCUT2D eigenvalue weighted by Gasteiger charge is -2.26. The van der Waals surface area contributed by atoms with Crippen molar-refractivity contribution in [2.45, 2.75) is 32.6 Å². The topological polar surface area (TPSA) is 19.0 Å². The molecule has 0 unspecified atom stereocenters. The van der Waals surface area contributed by atoms with Gasteiger partial charge in [0.2, 0.25) is 0 Å². The molecule has 24 heavy (non-hydrogen) atoms. The number of H-pyrrole nitrogens is 1. The summed E-state index contributed by atoms with van der Waals surface area (Å²) in [6.45, 7) is 5.86. The van der Waals surface area contributed by atoms with Gasteiger partial charge in [-0.1, -0.05) is 48.9 Å². The molecule has 1 fully saturated rings. The number of nitrogens with zero attached hydrogens (tertiary/aromatic N) is 1. The summed E-state index contributed by atoms with van der Waals surface area (Å²) in [6, 6.07) is 17.6. The van der Waals surface area contributed by atoms with Gasteiger partial charge >= 0.3 is 0 Å². The van der Waals surface area contributed by atoms with Crippen molar-refractivity contribution in [3.05, 3.63) is 59.7 Å². The van der Waals surface area contributed by atoms with E-state index >= 15 is 0 Å². The average Bonchev–Trinajstić information content (AvgIpc) is 2.99. The molecular formula is C22H26N2. The van der Waals surface area contributed by atoms with Crippen LogP contribution < -0.4 is 0 Å². The number of hydrogen-bond donors (Lipinski definition) is 1. The van der Waals surface area contributed by atoms with E-state index in [0.717, 1.165) is 6.42 Å². The van der Waals surface area contributed by atoms with Gasteiger partial charge in [0.1, 0.15) is 0 Å². The number of aryl methyl sites for hydroxylation is 1. The molecule has 2 nitrogen and oxygen atoms in total. The van der Waals surface area contributed by atoms with E-state index in [4.69, 9.17) is 0 Å². The van der Waals surface area contributed by atoms with Crippen molar-refractivity contribution in [2.24, 2.45) is 0 Å². The van der Waals surface area contributed by atoms with Crippen LogP contribution in [-0.2, 0) is 6.42 Å². The molecule has 1 saturated heterocycles. The summed E-state index contributed by atoms with van der Waals surface area (Å²) in [6.07, 6.45) is 5.24. The summed E-state index contributed by atoms with van der Waals surface area (Å²) in [5.41, 5.74) is 6.64. The smallest absolute Gasteiger partial charge is 0.0497 e. The van der Waals surface area contributed by atoms with Crippen LogP contribution in [0.1, 0.15) is 30.4 Å². The van der Waals surface area contributed by atoms with Crippen molar-refractivity contribution in [1.82, 2.24) is 9.88 Å². The van der Waals surface area contributed by atoms with Gasteiger partial charge in [-0.2, -0.15) is 0 Å². The molecule has 1 N–H and O–H groups in total. The fourth-order valence-electron chi connectivity index (χ4n) is 3.93. The summed E-state index contributed by atoms with van der Waals surface area (Å²) in [5, 5.41) is 1.39. The standard InChI is InChI=1S/C22H26N2/c1-17-10-11-19-20(12-15-24-13-6-3-7-14-24)22(23-21(19)16-17)18-8-4-2-5-9-18/h2,4-5,8-11,16,23H,3,6-7,12-15H2,1H3. The molecule has 2 heteroatoms. The Bertz CT molecular complexity index is 811. The normalized spacial score (nSPS) is 15.9. The van der Waals surface area contributed by atoms with Crippen LogP contribution in [0.5, 0.6) is 0 Å². The zero-order valence-corrected chi connectivity index (χ0v) is 14.5. The Morgan fingerprint density at radius 3 is 2.54 bits per heavy atom. The highest BCUT2D eigenvalue weighted by Crippen LogP contribution is 2.31. The average molecular weight is 318 g/mol. The molecule has 3 aromatic rings. The van der Waals surface area contributed by atoms with Crippen LogP contribution in [0.4, 0.5) is 0 Å². The van der Waals surface area contributed by atoms with Gasteiger partial charge in [-0.15, -0.1) is 0 Å². The molecule has 0 aliphatic carbocycles. The van der Waals surface area contributed by atoms with Crippen LogP contribution in [0.15, 0.2) is 48.5 Å². The maximum Gasteiger partial charge on any atom is 0.0497 e. The van der Waals surface area contributed by atoms with Crippen LogP contribution in [0.2, 0.25) is 0 Å². The molecular weight excluding hydrogens is 292 g/mol. The quantitative estimate of drug-likeness (QED) is 0.703. The molecule has 0 spiro atoms. The lowest BCUT2D eigenvalue weighted by molar-refractivity contribution is 0.232. The first kappa shape index (κ1) is 15.5. The molecule has 2 heterocycles. The first-order valence-electron chi connectivity index (χ1n) is 9.20. The molecule has 1 aromatic heterocycles. The fourth-order valence-corrected chi connectivity index (χ4v) is 3.93. The molecule has 4 rings (SSSR count). The van der Waals surface area contributed by atoms with Crippen LogP contribution in [0, 0.1) is 6.92 Å². The number of benzene rings is 2. The number of piperidine rings is 1. The maximum atomic E-state index is 3.69. The highest BCUT2D eigenvalue weighted by atomic mass is 15.1. The third-order valence-corrected chi connectivity index (χ3v) is 5.25. The zero-order chi connectivity index (χ0) is 16.4. The number of hydrogen-bond acceptors (Lipinski definition) is 1. The molecule has 0 atom stereocenters. The molecule has 0 radical (unpaired) electrons. The maximum absolute atomic E-state index is 3.69. The van der Waals surface area contributed by atoms with Crippen LogP contribution in [0.25, 0.3) is 22.2 Å². The van der Waals surface area contributed by atoms with Crippen molar-refractivity contribution in [2.75, 3.05) is 19.6 Å². The number of rotatable bonds is 4. The highest BCUT2D eigenvalue weighted by molar-refractivity contribution is 5.91. The van der Waals surface area contributed by atoms with E-state index in [1.807, 2.05) is 0 Å². The number of nitrogens with one attached hydrogen (secondary N) is 1. The minimum atomic E-state index is 1.12. The second-order valence-electron chi connectivity index (χ2n) is 7.05. The van der Waals surface area contributed by atoms with Gasteiger partial charge in [-0.05, 0) is 62.0 Å². The second kappa shape index (κ2) is 6.82. The van der Waals surface area contributed by atoms with Crippen molar-refractivity contribution in [3.63, 3.8) is 0 Å². The third-order valence-electron chi connectivity index (χ3n) is 5.25. The van der Waals surface area contributed by atoms with E-state index in [9.17, 15) is 0 Å². The van der Waals surface area contributed by atoms with Crippen molar-refractivity contribution in [1.29, 1.82) is 0 Å². The van der Waals surface area contributed by atoms with Crippen molar-refractivity contribution in [3.8, 4) is 11.3 Å². The van der Waals surface area contributed by atoms with E-state index in [0.29, 0.717) is 0 Å². The highest BCUT2D eigenvalue weighted by Gasteiger charge is 2.16. The Hall–Kier alpha value is -2.06. The summed E-state index contributed by atoms with van der Waals surface area (Å²) < 4.78 is 0. The molecule has 1 aliphatic heterocycles. The van der Waals surface area contributed by atoms with Crippen LogP contribution in [-0.4, -0.2) is 29.5 Å². The third kappa shape index (κ3) is 3.11. The number of likely N-dealkylation sites (tertiary alicyclic amines) is 1. The first-order valence-corrected chi connectivity index (χ1v) is 9.20. The van der Waals surface area contributed by atoms with E-state index < -0.39 is 0 Å². The van der Waals surface area contributed by atoms with Gasteiger partial charge in [0.05, 0.1) is 0 Å². The Morgan fingerprint density at radius 1 is 0.958 bits per heavy atom. The van der Waals surface area contributed by atoms with Crippen molar-refractivity contribution >= 4 is 10.9 Å². The molecule has 0 bridgehead atoms. The Balaban J connectivity index is 1.70. The zero-order valence-electron chi connectivity index (χ0n) is 14.5. The summed E-state index contributed by atoms with van der Waals surface area (Å²) in [4.78, 5) is 6.32. The Kier molecular flexibility index (Phi) is 4.40. The minimum Gasteiger partial charge on any atom is -0.354 e. The molecule has 124 valence electrons. The van der Waals surface area contributed by atoms with Gasteiger partial charge in [-0.25, -0.2) is 0 Å². The molecule has 2 aromatic carbocycles. The predicted octanol–water partition coefficient (Wildman–Crippen LogP) is 5.17. The lowest BCUT2D eigenvalue weighted by atomic mass is 10.0. The summed E-state index contributed by atoms with van der Waals surface area (Å²) >= 11 is 0. The van der Waals surface area contributed by atoms with Gasteiger partial charge in [0.15, 0.2) is 0 Å². The first-order chi connectivity index (χ1) is 11.8. The Labute approximate surface area is 144 Å². The molecule has 0 amide bonds. The lowest BCUT2D eigenvalue weighted by Crippen LogP contribution is -2.31. The van der Waals surface area contributed by atoms with Crippen LogP contribution in [0.3, 0.4) is 0 Å². The molecule has 1 aliphatic rings. The van der Waals surface area contributed by atoms with Gasteiger partial charge < -0.3 is 9.88 Å². The SMILES string of the molecule is Cc1ccc2c(CCN3CCCCC3)c(-c3ccccc3)[nH]c2c1. The van der Waals surface area contributed by atoms with E-state index in [1.165, 1.54) is 72.2 Å². The van der Waals surface area contributed by atoms with E-state index in [1.54, 1.807) is 0 Å². The fraction of sp³-hybridized carbons (Fsp3) is 0.364. The number of aromatic nitrogens is 1. The predicted molar refractivity (Wildman–Crippen MR) is 102 cm³/mol. The minimum absolute atomic E-state index is 1.12. The van der Waals surface area contributed by atoms with Gasteiger partial charge in [0, 0.05) is 23.1 Å². The largest absolute Gasteiger partial charge is 0.354 e. The van der Waals surface area contributed by atoms with E-state index in [-0.39, 0.29) is 0 Å². The second-order valence-corrected chi connectivity index (χ2v) is 7.05. The monoisotopic (exact) mass is 318 g/mol. The van der Waals surface area contributed by atoms with Crippen LogP contribution >= 0.6 is 0 Å². The summed E-state index contributed by atoms with van der Waals surface area (Å²) in [5.74, 6) is 0. The van der Waals surface area contributed by atoms with Gasteiger partial charge in [0.25, 0.3) is 0 Å².